The van der Waals surface area contributed by atoms with Crippen molar-refractivity contribution in [1.82, 2.24) is 14.5 Å². The van der Waals surface area contributed by atoms with Gasteiger partial charge in [0.25, 0.3) is 0 Å². The number of rotatable bonds is 2. The summed E-state index contributed by atoms with van der Waals surface area (Å²) in [5.74, 6) is 0.501. The van der Waals surface area contributed by atoms with E-state index >= 15 is 0 Å². The molecule has 1 fully saturated rings. The highest BCUT2D eigenvalue weighted by molar-refractivity contribution is 5.97. The van der Waals surface area contributed by atoms with Crippen molar-refractivity contribution in [2.75, 3.05) is 0 Å². The molecule has 0 radical (unpaired) electrons. The third kappa shape index (κ3) is 1.55. The molecule has 0 amide bonds. The molecule has 3 rings (SSSR count). The van der Waals surface area contributed by atoms with Crippen LogP contribution in [-0.4, -0.2) is 20.8 Å². The minimum absolute atomic E-state index is 0.501. The Bertz CT molecular complexity index is 567. The van der Waals surface area contributed by atoms with E-state index in [0.29, 0.717) is 11.5 Å². The fraction of sp³-hybridized carbons (Fsp3) is 0.462. The maximum absolute atomic E-state index is 11.1. The van der Waals surface area contributed by atoms with Gasteiger partial charge in [-0.2, -0.15) is 0 Å². The molecule has 1 aliphatic rings. The average Bonchev–Trinajstić information content (AvgIpc) is 2.97. The molecule has 0 atom stereocenters. The predicted octanol–water partition coefficient (Wildman–Crippen LogP) is 2.44. The zero-order valence-corrected chi connectivity index (χ0v) is 9.89. The van der Waals surface area contributed by atoms with Gasteiger partial charge in [0.15, 0.2) is 6.29 Å². The first kappa shape index (κ1) is 10.4. The maximum atomic E-state index is 11.1. The number of fused-ring (bicyclic) bond motifs is 1. The predicted molar refractivity (Wildman–Crippen MR) is 65.1 cm³/mol. The number of hydrogen-bond acceptors (Lipinski definition) is 3. The van der Waals surface area contributed by atoms with Gasteiger partial charge in [0.2, 0.25) is 0 Å². The fourth-order valence-electron chi connectivity index (χ4n) is 2.87. The van der Waals surface area contributed by atoms with Crippen LogP contribution in [0.1, 0.15) is 47.7 Å². The van der Waals surface area contributed by atoms with Crippen LogP contribution in [0.3, 0.4) is 0 Å². The lowest BCUT2D eigenvalue weighted by Gasteiger charge is -2.09. The van der Waals surface area contributed by atoms with Gasteiger partial charge in [0.1, 0.15) is 12.0 Å². The molecular formula is C13H15N3O. The van der Waals surface area contributed by atoms with Crippen LogP contribution in [0.4, 0.5) is 0 Å². The maximum Gasteiger partial charge on any atom is 0.152 e. The number of carbonyl (C=O) groups excluding carboxylic acids is 1. The van der Waals surface area contributed by atoms with E-state index in [1.807, 2.05) is 17.8 Å². The van der Waals surface area contributed by atoms with Gasteiger partial charge >= 0.3 is 0 Å². The Kier molecular flexibility index (Phi) is 2.42. The summed E-state index contributed by atoms with van der Waals surface area (Å²) in [6.07, 6.45) is 9.25. The zero-order valence-electron chi connectivity index (χ0n) is 9.89. The highest BCUT2D eigenvalue weighted by Gasteiger charge is 2.23. The molecule has 0 unspecified atom stereocenters. The lowest BCUT2D eigenvalue weighted by molar-refractivity contribution is 0.112. The van der Waals surface area contributed by atoms with E-state index in [1.54, 1.807) is 6.33 Å². The monoisotopic (exact) mass is 229 g/mol. The molecule has 17 heavy (non-hydrogen) atoms. The van der Waals surface area contributed by atoms with Gasteiger partial charge in [0.05, 0.1) is 11.1 Å². The number of aryl methyl sites for hydroxylation is 1. The van der Waals surface area contributed by atoms with E-state index in [2.05, 4.69) is 9.97 Å². The number of carbonyl (C=O) groups is 1. The molecule has 4 heteroatoms. The summed E-state index contributed by atoms with van der Waals surface area (Å²) >= 11 is 0. The molecule has 0 spiro atoms. The summed E-state index contributed by atoms with van der Waals surface area (Å²) in [6.45, 7) is 0. The van der Waals surface area contributed by atoms with E-state index < -0.39 is 0 Å². The summed E-state index contributed by atoms with van der Waals surface area (Å²) in [4.78, 5) is 19.8. The van der Waals surface area contributed by atoms with Crippen LogP contribution in [-0.2, 0) is 7.05 Å². The Morgan fingerprint density at radius 2 is 2.12 bits per heavy atom. The Balaban J connectivity index is 2.26. The van der Waals surface area contributed by atoms with E-state index in [1.165, 1.54) is 25.7 Å². The normalized spacial score (nSPS) is 16.8. The standard InChI is InChI=1S/C13H15N3O/c1-16-6-10(7-17)11-12(9-4-2-3-5-9)14-8-15-13(11)16/h6-9H,2-5H2,1H3. The number of nitrogens with zero attached hydrogens (tertiary/aromatic N) is 3. The highest BCUT2D eigenvalue weighted by Crippen LogP contribution is 2.36. The molecule has 0 bridgehead atoms. The van der Waals surface area contributed by atoms with Crippen LogP contribution < -0.4 is 0 Å². The van der Waals surface area contributed by atoms with Crippen molar-refractivity contribution < 1.29 is 4.79 Å². The van der Waals surface area contributed by atoms with Gasteiger partial charge in [-0.05, 0) is 12.8 Å². The summed E-state index contributed by atoms with van der Waals surface area (Å²) < 4.78 is 1.90. The van der Waals surface area contributed by atoms with Crippen LogP contribution in [0, 0.1) is 0 Å². The third-order valence-corrected chi connectivity index (χ3v) is 3.68. The van der Waals surface area contributed by atoms with E-state index in [-0.39, 0.29) is 0 Å². The molecule has 1 aliphatic carbocycles. The van der Waals surface area contributed by atoms with Crippen molar-refractivity contribution >= 4 is 17.3 Å². The smallest absolute Gasteiger partial charge is 0.152 e. The first-order valence-corrected chi connectivity index (χ1v) is 6.06. The van der Waals surface area contributed by atoms with Crippen molar-refractivity contribution in [2.45, 2.75) is 31.6 Å². The minimum atomic E-state index is 0.501. The van der Waals surface area contributed by atoms with Crippen LogP contribution >= 0.6 is 0 Å². The second kappa shape index (κ2) is 3.95. The molecule has 4 nitrogen and oxygen atoms in total. The zero-order chi connectivity index (χ0) is 11.8. The Morgan fingerprint density at radius 3 is 2.82 bits per heavy atom. The van der Waals surface area contributed by atoms with Gasteiger partial charge < -0.3 is 4.57 Å². The molecule has 0 aromatic carbocycles. The van der Waals surface area contributed by atoms with Crippen LogP contribution in [0.25, 0.3) is 11.0 Å². The SMILES string of the molecule is Cn1cc(C=O)c2c(C3CCCC3)ncnc21. The molecule has 0 saturated heterocycles. The lowest BCUT2D eigenvalue weighted by atomic mass is 10.00. The van der Waals surface area contributed by atoms with Crippen molar-refractivity contribution in [3.63, 3.8) is 0 Å². The molecule has 2 aromatic heterocycles. The van der Waals surface area contributed by atoms with Crippen LogP contribution in [0.5, 0.6) is 0 Å². The van der Waals surface area contributed by atoms with Gasteiger partial charge in [-0.1, -0.05) is 12.8 Å². The van der Waals surface area contributed by atoms with Gasteiger partial charge in [0, 0.05) is 24.7 Å². The first-order valence-electron chi connectivity index (χ1n) is 6.06. The summed E-state index contributed by atoms with van der Waals surface area (Å²) in [7, 11) is 1.92. The first-order chi connectivity index (χ1) is 8.31. The second-order valence-corrected chi connectivity index (χ2v) is 4.75. The van der Waals surface area contributed by atoms with E-state index in [0.717, 1.165) is 23.0 Å². The number of aldehydes is 1. The highest BCUT2D eigenvalue weighted by atomic mass is 16.1. The number of aromatic nitrogens is 3. The lowest BCUT2D eigenvalue weighted by Crippen LogP contribution is -2.00. The Hall–Kier alpha value is -1.71. The largest absolute Gasteiger partial charge is 0.335 e. The van der Waals surface area contributed by atoms with Crippen LogP contribution in [0.2, 0.25) is 0 Å². The van der Waals surface area contributed by atoms with Gasteiger partial charge in [-0.25, -0.2) is 9.97 Å². The molecule has 2 aromatic rings. The summed E-state index contributed by atoms with van der Waals surface area (Å²) in [6, 6.07) is 0. The Labute approximate surface area is 99.7 Å². The van der Waals surface area contributed by atoms with E-state index in [4.69, 9.17) is 0 Å². The molecular weight excluding hydrogens is 214 g/mol. The molecule has 0 N–H and O–H groups in total. The van der Waals surface area contributed by atoms with Crippen molar-refractivity contribution in [1.29, 1.82) is 0 Å². The summed E-state index contributed by atoms with van der Waals surface area (Å²) in [5, 5.41) is 0.955. The molecule has 1 saturated carbocycles. The van der Waals surface area contributed by atoms with Crippen molar-refractivity contribution in [3.05, 3.63) is 23.8 Å². The molecule has 88 valence electrons. The van der Waals surface area contributed by atoms with Crippen LogP contribution in [0.15, 0.2) is 12.5 Å². The fourth-order valence-corrected chi connectivity index (χ4v) is 2.87. The van der Waals surface area contributed by atoms with Gasteiger partial charge in [-0.15, -0.1) is 0 Å². The van der Waals surface area contributed by atoms with Crippen molar-refractivity contribution in [2.24, 2.45) is 7.05 Å². The van der Waals surface area contributed by atoms with Gasteiger partial charge in [-0.3, -0.25) is 4.79 Å². The second-order valence-electron chi connectivity index (χ2n) is 4.75. The Morgan fingerprint density at radius 1 is 1.35 bits per heavy atom. The molecule has 2 heterocycles. The topological polar surface area (TPSA) is 47.8 Å². The minimum Gasteiger partial charge on any atom is -0.335 e. The van der Waals surface area contributed by atoms with Crippen molar-refractivity contribution in [3.8, 4) is 0 Å². The average molecular weight is 229 g/mol. The number of hydrogen-bond donors (Lipinski definition) is 0. The third-order valence-electron chi connectivity index (χ3n) is 3.68. The molecule has 0 aliphatic heterocycles. The quantitative estimate of drug-likeness (QED) is 0.743. The van der Waals surface area contributed by atoms with E-state index in [9.17, 15) is 4.79 Å². The summed E-state index contributed by atoms with van der Waals surface area (Å²) in [5.41, 5.74) is 2.64.